The molecule has 0 saturated heterocycles. The first-order chi connectivity index (χ1) is 11.6. The average molecular weight is 459 g/mol. The minimum absolute atomic E-state index is 0. The van der Waals surface area contributed by atoms with E-state index in [9.17, 15) is 4.79 Å². The van der Waals surface area contributed by atoms with E-state index in [1.54, 1.807) is 12.3 Å². The first-order valence-corrected chi connectivity index (χ1v) is 8.39. The number of guanidine groups is 1. The van der Waals surface area contributed by atoms with Gasteiger partial charge in [-0.3, -0.25) is 9.79 Å². The van der Waals surface area contributed by atoms with Crippen molar-refractivity contribution in [2.45, 2.75) is 33.1 Å². The van der Waals surface area contributed by atoms with Crippen LogP contribution in [0, 0.1) is 6.92 Å². The van der Waals surface area contributed by atoms with Crippen LogP contribution < -0.4 is 10.6 Å². The smallest absolute Gasteiger partial charge is 0.227 e. The summed E-state index contributed by atoms with van der Waals surface area (Å²) < 4.78 is 0. The Balaban J connectivity index is 0.00000576. The molecule has 1 aromatic heterocycles. The molecule has 1 amide bonds. The number of carbonyl (C=O) groups is 1. The number of nitrogens with zero attached hydrogens (tertiary/aromatic N) is 3. The fraction of sp³-hybridized carbons (Fsp3) is 0.500. The van der Waals surface area contributed by atoms with Crippen LogP contribution in [0.25, 0.3) is 0 Å². The number of amides is 1. The summed E-state index contributed by atoms with van der Waals surface area (Å²) in [4.78, 5) is 22.7. The van der Waals surface area contributed by atoms with Crippen LogP contribution in [0.1, 0.15) is 31.7 Å². The molecular formula is C18H30IN5O. The van der Waals surface area contributed by atoms with Crippen LogP contribution >= 0.6 is 24.0 Å². The molecule has 1 heterocycles. The summed E-state index contributed by atoms with van der Waals surface area (Å²) in [6.45, 7) is 9.86. The van der Waals surface area contributed by atoms with Gasteiger partial charge in [-0.15, -0.1) is 30.6 Å². The van der Waals surface area contributed by atoms with E-state index < -0.39 is 0 Å². The number of allylic oxidation sites excluding steroid dienone is 1. The number of aliphatic imine (C=N–C) groups is 1. The maximum atomic E-state index is 12.0. The molecule has 0 bridgehead atoms. The highest BCUT2D eigenvalue weighted by Crippen LogP contribution is 2.04. The molecule has 0 saturated carbocycles. The Bertz CT molecular complexity index is 545. The van der Waals surface area contributed by atoms with Crippen molar-refractivity contribution < 1.29 is 4.79 Å². The van der Waals surface area contributed by atoms with Crippen LogP contribution in [0.15, 0.2) is 36.0 Å². The van der Waals surface area contributed by atoms with Crippen LogP contribution in [0.2, 0.25) is 0 Å². The molecule has 25 heavy (non-hydrogen) atoms. The molecule has 0 spiro atoms. The van der Waals surface area contributed by atoms with Gasteiger partial charge in [-0.05, 0) is 38.3 Å². The Labute approximate surface area is 168 Å². The Morgan fingerprint density at radius 3 is 2.80 bits per heavy atom. The minimum atomic E-state index is -0.0831. The standard InChI is InChI=1S/C18H29N5O.HI/c1-5-7-8-13-23(4)18(19-6-2)20-12-11-17(24)22-16-10-9-15(3)14-21-16;/h5,9-10,14H,1,6-8,11-13H2,2-4H3,(H,19,20)(H,21,22,24);1H. The van der Waals surface area contributed by atoms with E-state index in [0.717, 1.165) is 37.5 Å². The third kappa shape index (κ3) is 10.1. The van der Waals surface area contributed by atoms with Crippen LogP contribution in [0.3, 0.4) is 0 Å². The van der Waals surface area contributed by atoms with Gasteiger partial charge in [-0.1, -0.05) is 12.1 Å². The molecule has 2 N–H and O–H groups in total. The summed E-state index contributed by atoms with van der Waals surface area (Å²) in [5.74, 6) is 1.31. The lowest BCUT2D eigenvalue weighted by Gasteiger charge is -2.21. The second-order valence-electron chi connectivity index (χ2n) is 5.61. The van der Waals surface area contributed by atoms with Crippen molar-refractivity contribution in [2.24, 2.45) is 4.99 Å². The fourth-order valence-corrected chi connectivity index (χ4v) is 2.06. The maximum absolute atomic E-state index is 12.0. The monoisotopic (exact) mass is 459 g/mol. The van der Waals surface area contributed by atoms with Crippen molar-refractivity contribution in [1.82, 2.24) is 15.2 Å². The van der Waals surface area contributed by atoms with Crippen molar-refractivity contribution in [3.8, 4) is 0 Å². The molecule has 1 rings (SSSR count). The van der Waals surface area contributed by atoms with Crippen molar-refractivity contribution in [2.75, 3.05) is 32.0 Å². The zero-order chi connectivity index (χ0) is 17.8. The van der Waals surface area contributed by atoms with Gasteiger partial charge >= 0.3 is 0 Å². The summed E-state index contributed by atoms with van der Waals surface area (Å²) in [6.07, 6.45) is 5.99. The number of nitrogens with one attached hydrogen (secondary N) is 2. The van der Waals surface area contributed by atoms with Crippen LogP contribution in [0.5, 0.6) is 0 Å². The molecule has 7 heteroatoms. The minimum Gasteiger partial charge on any atom is -0.357 e. The van der Waals surface area contributed by atoms with E-state index in [-0.39, 0.29) is 29.9 Å². The highest BCUT2D eigenvalue weighted by atomic mass is 127. The summed E-state index contributed by atoms with van der Waals surface area (Å²) in [7, 11) is 2.00. The lowest BCUT2D eigenvalue weighted by atomic mass is 10.3. The van der Waals surface area contributed by atoms with Gasteiger partial charge in [0.15, 0.2) is 5.96 Å². The Kier molecular flexibility index (Phi) is 12.7. The van der Waals surface area contributed by atoms with E-state index in [1.807, 2.05) is 33.0 Å². The number of carbonyl (C=O) groups excluding carboxylic acids is 1. The number of anilines is 1. The van der Waals surface area contributed by atoms with E-state index in [1.165, 1.54) is 0 Å². The van der Waals surface area contributed by atoms with Gasteiger partial charge in [0.1, 0.15) is 5.82 Å². The molecule has 0 unspecified atom stereocenters. The number of aromatic nitrogens is 1. The van der Waals surface area contributed by atoms with Gasteiger partial charge in [-0.25, -0.2) is 4.98 Å². The van der Waals surface area contributed by atoms with E-state index in [0.29, 0.717) is 18.8 Å². The first kappa shape index (κ1) is 23.4. The predicted molar refractivity (Wildman–Crippen MR) is 116 cm³/mol. The van der Waals surface area contributed by atoms with Crippen molar-refractivity contribution in [3.05, 3.63) is 36.5 Å². The topological polar surface area (TPSA) is 69.6 Å². The molecule has 0 aromatic carbocycles. The summed E-state index contributed by atoms with van der Waals surface area (Å²) in [5.41, 5.74) is 1.06. The van der Waals surface area contributed by atoms with Gasteiger partial charge in [-0.2, -0.15) is 0 Å². The van der Waals surface area contributed by atoms with Gasteiger partial charge in [0.2, 0.25) is 5.91 Å². The Morgan fingerprint density at radius 2 is 2.20 bits per heavy atom. The molecule has 0 aliphatic heterocycles. The average Bonchev–Trinajstić information content (AvgIpc) is 2.56. The molecule has 0 radical (unpaired) electrons. The van der Waals surface area contributed by atoms with Gasteiger partial charge < -0.3 is 15.5 Å². The Morgan fingerprint density at radius 1 is 1.44 bits per heavy atom. The third-order valence-electron chi connectivity index (χ3n) is 3.38. The van der Waals surface area contributed by atoms with E-state index in [2.05, 4.69) is 32.1 Å². The number of hydrogen-bond acceptors (Lipinski definition) is 3. The molecular weight excluding hydrogens is 429 g/mol. The van der Waals surface area contributed by atoms with Gasteiger partial charge in [0.05, 0.1) is 6.54 Å². The van der Waals surface area contributed by atoms with Crippen LogP contribution in [-0.4, -0.2) is 48.4 Å². The molecule has 0 fully saturated rings. The first-order valence-electron chi connectivity index (χ1n) is 8.39. The fourth-order valence-electron chi connectivity index (χ4n) is 2.06. The normalized spacial score (nSPS) is 10.6. The predicted octanol–water partition coefficient (Wildman–Crippen LogP) is 3.20. The number of unbranched alkanes of at least 4 members (excludes halogenated alkanes) is 1. The zero-order valence-electron chi connectivity index (χ0n) is 15.4. The Hall–Kier alpha value is -1.64. The zero-order valence-corrected chi connectivity index (χ0v) is 17.7. The third-order valence-corrected chi connectivity index (χ3v) is 3.38. The van der Waals surface area contributed by atoms with E-state index >= 15 is 0 Å². The van der Waals surface area contributed by atoms with Gasteiger partial charge in [0.25, 0.3) is 0 Å². The van der Waals surface area contributed by atoms with E-state index in [4.69, 9.17) is 0 Å². The largest absolute Gasteiger partial charge is 0.357 e. The molecule has 0 aliphatic carbocycles. The van der Waals surface area contributed by atoms with Gasteiger partial charge in [0, 0.05) is 32.8 Å². The number of aryl methyl sites for hydroxylation is 1. The highest BCUT2D eigenvalue weighted by Gasteiger charge is 2.06. The highest BCUT2D eigenvalue weighted by molar-refractivity contribution is 14.0. The number of pyridine rings is 1. The SMILES string of the molecule is C=CCCCN(C)C(=NCCC(=O)Nc1ccc(C)cn1)NCC.I. The molecule has 140 valence electrons. The summed E-state index contributed by atoms with van der Waals surface area (Å²) in [6, 6.07) is 3.72. The molecule has 0 aliphatic rings. The number of halogens is 1. The lowest BCUT2D eigenvalue weighted by Crippen LogP contribution is -2.39. The summed E-state index contributed by atoms with van der Waals surface area (Å²) >= 11 is 0. The van der Waals surface area contributed by atoms with Crippen molar-refractivity contribution >= 4 is 41.7 Å². The van der Waals surface area contributed by atoms with Crippen LogP contribution in [0.4, 0.5) is 5.82 Å². The maximum Gasteiger partial charge on any atom is 0.227 e. The lowest BCUT2D eigenvalue weighted by molar-refractivity contribution is -0.116. The molecule has 6 nitrogen and oxygen atoms in total. The quantitative estimate of drug-likeness (QED) is 0.196. The second kappa shape index (κ2) is 13.6. The number of hydrogen-bond donors (Lipinski definition) is 2. The second-order valence-corrected chi connectivity index (χ2v) is 5.61. The van der Waals surface area contributed by atoms with Crippen LogP contribution in [-0.2, 0) is 4.79 Å². The summed E-state index contributed by atoms with van der Waals surface area (Å²) in [5, 5.41) is 6.03. The van der Waals surface area contributed by atoms with Crippen molar-refractivity contribution in [1.29, 1.82) is 0 Å². The molecule has 1 aromatic rings. The van der Waals surface area contributed by atoms with Crippen molar-refractivity contribution in [3.63, 3.8) is 0 Å². The number of rotatable bonds is 9. The molecule has 0 atom stereocenters.